The molecule has 0 aliphatic carbocycles. The molecular formula is C17H14N6O2. The zero-order chi connectivity index (χ0) is 17.2. The zero-order valence-electron chi connectivity index (χ0n) is 13.3. The first-order valence-corrected chi connectivity index (χ1v) is 7.57. The number of benzene rings is 1. The van der Waals surface area contributed by atoms with Gasteiger partial charge in [0.1, 0.15) is 5.82 Å². The lowest BCUT2D eigenvalue weighted by Gasteiger charge is -2.06. The Labute approximate surface area is 142 Å². The summed E-state index contributed by atoms with van der Waals surface area (Å²) in [6.07, 6.45) is 4.58. The smallest absolute Gasteiger partial charge is 0.259 e. The van der Waals surface area contributed by atoms with Crippen molar-refractivity contribution in [3.8, 4) is 22.6 Å². The number of aryl methyl sites for hydroxylation is 1. The van der Waals surface area contributed by atoms with Gasteiger partial charge in [0, 0.05) is 16.8 Å². The number of hydrogen-bond donors (Lipinski definition) is 3. The average Bonchev–Trinajstić information content (AvgIpc) is 3.36. The molecule has 0 spiro atoms. The summed E-state index contributed by atoms with van der Waals surface area (Å²) in [4.78, 5) is 16.9. The lowest BCUT2D eigenvalue weighted by molar-refractivity contribution is 0.102. The van der Waals surface area contributed by atoms with Gasteiger partial charge in [-0.25, -0.2) is 4.98 Å². The number of carbonyl (C=O) groups excluding carboxylic acids is 1. The number of nitrogens with zero attached hydrogens (tertiary/aromatic N) is 3. The Kier molecular flexibility index (Phi) is 3.62. The summed E-state index contributed by atoms with van der Waals surface area (Å²) in [5.41, 5.74) is 3.24. The Morgan fingerprint density at radius 1 is 1.20 bits per heavy atom. The van der Waals surface area contributed by atoms with Crippen molar-refractivity contribution in [3.05, 3.63) is 60.4 Å². The summed E-state index contributed by atoms with van der Waals surface area (Å²) in [7, 11) is 0. The third kappa shape index (κ3) is 2.92. The van der Waals surface area contributed by atoms with E-state index < -0.39 is 0 Å². The zero-order valence-corrected chi connectivity index (χ0v) is 13.3. The molecule has 0 aliphatic rings. The number of aromatic nitrogens is 5. The van der Waals surface area contributed by atoms with Crippen LogP contribution in [0.15, 0.2) is 53.5 Å². The fourth-order valence-electron chi connectivity index (χ4n) is 2.49. The van der Waals surface area contributed by atoms with E-state index in [-0.39, 0.29) is 5.91 Å². The number of hydrogen-bond acceptors (Lipinski definition) is 5. The Balaban J connectivity index is 1.59. The number of carbonyl (C=O) groups is 1. The van der Waals surface area contributed by atoms with E-state index >= 15 is 0 Å². The lowest BCUT2D eigenvalue weighted by Crippen LogP contribution is -2.12. The quantitative estimate of drug-likeness (QED) is 0.531. The van der Waals surface area contributed by atoms with Crippen LogP contribution in [0.25, 0.3) is 22.6 Å². The Bertz CT molecular complexity index is 1020. The van der Waals surface area contributed by atoms with Gasteiger partial charge in [-0.1, -0.05) is 12.1 Å². The van der Waals surface area contributed by atoms with Crippen LogP contribution in [0.3, 0.4) is 0 Å². The predicted octanol–water partition coefficient (Wildman–Crippen LogP) is 3.02. The first-order valence-electron chi connectivity index (χ1n) is 7.57. The van der Waals surface area contributed by atoms with Gasteiger partial charge in [0.2, 0.25) is 0 Å². The maximum absolute atomic E-state index is 12.6. The minimum Gasteiger partial charge on any atom is -0.472 e. The summed E-state index contributed by atoms with van der Waals surface area (Å²) in [5, 5.41) is 16.6. The number of H-pyrrole nitrogens is 2. The van der Waals surface area contributed by atoms with Gasteiger partial charge in [-0.05, 0) is 25.1 Å². The first kappa shape index (κ1) is 14.9. The highest BCUT2D eigenvalue weighted by molar-refractivity contribution is 6.08. The molecule has 3 N–H and O–H groups in total. The Morgan fingerprint density at radius 2 is 2.12 bits per heavy atom. The number of nitrogens with one attached hydrogen (secondary N) is 3. The van der Waals surface area contributed by atoms with Crippen molar-refractivity contribution >= 4 is 11.6 Å². The van der Waals surface area contributed by atoms with Crippen LogP contribution in [0.5, 0.6) is 0 Å². The van der Waals surface area contributed by atoms with Gasteiger partial charge in [0.25, 0.3) is 5.91 Å². The topological polar surface area (TPSA) is 112 Å². The normalized spacial score (nSPS) is 10.8. The van der Waals surface area contributed by atoms with Crippen LogP contribution in [-0.2, 0) is 0 Å². The second-order valence-electron chi connectivity index (χ2n) is 5.45. The van der Waals surface area contributed by atoms with Crippen LogP contribution < -0.4 is 5.32 Å². The molecule has 8 heteroatoms. The Morgan fingerprint density at radius 3 is 2.88 bits per heavy atom. The minimum atomic E-state index is -0.270. The second kappa shape index (κ2) is 6.08. The molecular weight excluding hydrogens is 320 g/mol. The van der Waals surface area contributed by atoms with Crippen LogP contribution >= 0.6 is 0 Å². The van der Waals surface area contributed by atoms with Crippen molar-refractivity contribution in [1.29, 1.82) is 0 Å². The van der Waals surface area contributed by atoms with Crippen LogP contribution in [0.4, 0.5) is 5.69 Å². The molecule has 0 aliphatic heterocycles. The van der Waals surface area contributed by atoms with Gasteiger partial charge < -0.3 is 9.73 Å². The van der Waals surface area contributed by atoms with Gasteiger partial charge in [0.05, 0.1) is 30.0 Å². The summed E-state index contributed by atoms with van der Waals surface area (Å²) in [5.74, 6) is 1.04. The molecule has 3 aromatic heterocycles. The summed E-state index contributed by atoms with van der Waals surface area (Å²) in [6.45, 7) is 1.83. The van der Waals surface area contributed by atoms with E-state index in [1.165, 1.54) is 6.20 Å². The number of aromatic amines is 2. The van der Waals surface area contributed by atoms with E-state index in [4.69, 9.17) is 4.42 Å². The van der Waals surface area contributed by atoms with Gasteiger partial charge in [-0.3, -0.25) is 15.0 Å². The highest BCUT2D eigenvalue weighted by Gasteiger charge is 2.16. The van der Waals surface area contributed by atoms with Crippen molar-refractivity contribution in [1.82, 2.24) is 25.4 Å². The summed E-state index contributed by atoms with van der Waals surface area (Å²) in [6, 6.07) is 9.10. The van der Waals surface area contributed by atoms with Crippen molar-refractivity contribution in [2.75, 3.05) is 5.32 Å². The SMILES string of the molecule is Cc1nc(-c2cccc(NC(=O)c3cn[nH]c3-c3ccoc3)c2)n[nH]1. The third-order valence-electron chi connectivity index (χ3n) is 3.67. The maximum Gasteiger partial charge on any atom is 0.259 e. The molecule has 0 atom stereocenters. The molecule has 0 unspecified atom stereocenters. The highest BCUT2D eigenvalue weighted by atomic mass is 16.3. The number of furan rings is 1. The first-order chi connectivity index (χ1) is 12.2. The van der Waals surface area contributed by atoms with Crippen LogP contribution in [-0.4, -0.2) is 31.3 Å². The monoisotopic (exact) mass is 334 g/mol. The van der Waals surface area contributed by atoms with E-state index in [2.05, 4.69) is 30.7 Å². The van der Waals surface area contributed by atoms with Crippen molar-refractivity contribution in [2.24, 2.45) is 0 Å². The molecule has 0 saturated carbocycles. The number of anilines is 1. The van der Waals surface area contributed by atoms with Crippen LogP contribution in [0, 0.1) is 6.92 Å². The minimum absolute atomic E-state index is 0.270. The largest absolute Gasteiger partial charge is 0.472 e. The molecule has 0 radical (unpaired) electrons. The van der Waals surface area contributed by atoms with Gasteiger partial charge in [-0.2, -0.15) is 10.2 Å². The molecule has 25 heavy (non-hydrogen) atoms. The molecule has 3 heterocycles. The number of amides is 1. The predicted molar refractivity (Wildman–Crippen MR) is 90.8 cm³/mol. The van der Waals surface area contributed by atoms with Crippen molar-refractivity contribution in [2.45, 2.75) is 6.92 Å². The molecule has 1 amide bonds. The second-order valence-corrected chi connectivity index (χ2v) is 5.45. The molecule has 8 nitrogen and oxygen atoms in total. The fraction of sp³-hybridized carbons (Fsp3) is 0.0588. The lowest BCUT2D eigenvalue weighted by atomic mass is 10.1. The van der Waals surface area contributed by atoms with Gasteiger partial charge >= 0.3 is 0 Å². The van der Waals surface area contributed by atoms with E-state index in [1.54, 1.807) is 24.7 Å². The molecule has 1 aromatic carbocycles. The standard InChI is InChI=1S/C17H14N6O2/c1-10-19-16(23-21-10)11-3-2-4-13(7-11)20-17(24)14-8-18-22-15(14)12-5-6-25-9-12/h2-9H,1H3,(H,18,22)(H,20,24)(H,19,21,23). The van der Waals surface area contributed by atoms with Crippen molar-refractivity contribution < 1.29 is 9.21 Å². The Hall–Kier alpha value is -3.68. The van der Waals surface area contributed by atoms with E-state index in [0.29, 0.717) is 22.8 Å². The molecule has 0 saturated heterocycles. The van der Waals surface area contributed by atoms with Gasteiger partial charge in [-0.15, -0.1) is 0 Å². The molecule has 4 rings (SSSR count). The van der Waals surface area contributed by atoms with E-state index in [0.717, 1.165) is 17.0 Å². The highest BCUT2D eigenvalue weighted by Crippen LogP contribution is 2.24. The summed E-state index contributed by atoms with van der Waals surface area (Å²) < 4.78 is 5.06. The third-order valence-corrected chi connectivity index (χ3v) is 3.67. The molecule has 0 bridgehead atoms. The maximum atomic E-state index is 12.6. The number of rotatable bonds is 4. The van der Waals surface area contributed by atoms with E-state index in [1.807, 2.05) is 25.1 Å². The van der Waals surface area contributed by atoms with Crippen LogP contribution in [0.2, 0.25) is 0 Å². The fourth-order valence-corrected chi connectivity index (χ4v) is 2.49. The van der Waals surface area contributed by atoms with Gasteiger partial charge in [0.15, 0.2) is 5.82 Å². The molecule has 0 fully saturated rings. The molecule has 124 valence electrons. The van der Waals surface area contributed by atoms with E-state index in [9.17, 15) is 4.79 Å². The van der Waals surface area contributed by atoms with Crippen LogP contribution in [0.1, 0.15) is 16.2 Å². The van der Waals surface area contributed by atoms with Crippen molar-refractivity contribution in [3.63, 3.8) is 0 Å². The molecule has 4 aromatic rings. The average molecular weight is 334 g/mol. The summed E-state index contributed by atoms with van der Waals surface area (Å²) >= 11 is 0.